The minimum atomic E-state index is -0.205. The number of aromatic nitrogens is 3. The summed E-state index contributed by atoms with van der Waals surface area (Å²) in [6.45, 7) is 1.89. The topological polar surface area (TPSA) is 73.6 Å². The van der Waals surface area contributed by atoms with Gasteiger partial charge in [-0.15, -0.1) is 0 Å². The van der Waals surface area contributed by atoms with Crippen molar-refractivity contribution in [2.75, 3.05) is 0 Å². The normalized spacial score (nSPS) is 26.0. The van der Waals surface area contributed by atoms with Crippen LogP contribution in [0.4, 0.5) is 0 Å². The molecule has 2 aliphatic carbocycles. The summed E-state index contributed by atoms with van der Waals surface area (Å²) in [6.07, 6.45) is 5.60. The van der Waals surface area contributed by atoms with Gasteiger partial charge in [-0.1, -0.05) is 17.8 Å². The molecule has 0 aromatic carbocycles. The fourth-order valence-corrected chi connectivity index (χ4v) is 4.92. The summed E-state index contributed by atoms with van der Waals surface area (Å²) in [5, 5.41) is 4.78. The monoisotopic (exact) mass is 333 g/mol. The van der Waals surface area contributed by atoms with Crippen molar-refractivity contribution in [3.63, 3.8) is 0 Å². The lowest BCUT2D eigenvalue weighted by atomic mass is 9.86. The summed E-state index contributed by atoms with van der Waals surface area (Å²) in [5.41, 5.74) is 0.460. The van der Waals surface area contributed by atoms with Crippen LogP contribution in [-0.4, -0.2) is 20.6 Å². The van der Waals surface area contributed by atoms with Crippen molar-refractivity contribution in [3.8, 4) is 0 Å². The predicted molar refractivity (Wildman–Crippen MR) is 85.2 cm³/mol. The average Bonchev–Trinajstić information content (AvgIpc) is 3.19. The molecule has 7 heteroatoms. The summed E-state index contributed by atoms with van der Waals surface area (Å²) in [6, 6.07) is 1.44. The van der Waals surface area contributed by atoms with E-state index in [0.717, 1.165) is 11.8 Å². The molecular formula is C16H19N3O3S. The Kier molecular flexibility index (Phi) is 3.67. The highest BCUT2D eigenvalue weighted by atomic mass is 32.1. The maximum Gasteiger partial charge on any atom is 0.306 e. The van der Waals surface area contributed by atoms with Crippen LogP contribution in [0.5, 0.6) is 0 Å². The molecule has 0 amide bonds. The van der Waals surface area contributed by atoms with Gasteiger partial charge in [0, 0.05) is 18.2 Å². The van der Waals surface area contributed by atoms with Crippen molar-refractivity contribution >= 4 is 22.3 Å². The first-order valence-electron chi connectivity index (χ1n) is 8.10. The number of ether oxygens (including phenoxy) is 1. The SMILES string of the molecule is Cc1cc(=O)n2nc(COC(=O)C[C@H]3C[C@@H]4CC[C@@H]3C4)sc2n1. The van der Waals surface area contributed by atoms with Gasteiger partial charge in [-0.05, 0) is 43.9 Å². The minimum absolute atomic E-state index is 0.117. The van der Waals surface area contributed by atoms with Crippen LogP contribution in [-0.2, 0) is 16.1 Å². The van der Waals surface area contributed by atoms with Gasteiger partial charge in [-0.3, -0.25) is 9.59 Å². The van der Waals surface area contributed by atoms with Gasteiger partial charge in [0.05, 0.1) is 0 Å². The van der Waals surface area contributed by atoms with E-state index in [-0.39, 0.29) is 18.1 Å². The molecule has 2 aromatic rings. The zero-order valence-corrected chi connectivity index (χ0v) is 13.8. The molecule has 2 aliphatic rings. The summed E-state index contributed by atoms with van der Waals surface area (Å²) >= 11 is 1.29. The molecule has 4 rings (SSSR count). The van der Waals surface area contributed by atoms with E-state index in [0.29, 0.717) is 28.0 Å². The number of rotatable bonds is 4. The van der Waals surface area contributed by atoms with Crippen molar-refractivity contribution in [2.24, 2.45) is 17.8 Å². The number of fused-ring (bicyclic) bond motifs is 3. The van der Waals surface area contributed by atoms with E-state index >= 15 is 0 Å². The molecule has 0 unspecified atom stereocenters. The smallest absolute Gasteiger partial charge is 0.306 e. The third-order valence-corrected chi connectivity index (χ3v) is 5.97. The first kappa shape index (κ1) is 14.8. The number of hydrogen-bond acceptors (Lipinski definition) is 6. The van der Waals surface area contributed by atoms with Crippen LogP contribution in [0.3, 0.4) is 0 Å². The second-order valence-corrected chi connectivity index (χ2v) is 7.77. The maximum absolute atomic E-state index is 12.1. The Bertz CT molecular complexity index is 812. The average molecular weight is 333 g/mol. The third kappa shape index (κ3) is 2.89. The van der Waals surface area contributed by atoms with Gasteiger partial charge in [-0.25, -0.2) is 4.98 Å². The van der Waals surface area contributed by atoms with Crippen molar-refractivity contribution in [3.05, 3.63) is 27.1 Å². The maximum atomic E-state index is 12.1. The standard InChI is InChI=1S/C16H19N3O3S/c1-9-4-14(20)19-16(17-9)23-13(18-19)8-22-15(21)7-12-6-10-2-3-11(12)5-10/h4,10-12H,2-3,5-8H2,1H3/t10-,11-,12-/m1/s1. The Balaban J connectivity index is 1.38. The van der Waals surface area contributed by atoms with Crippen molar-refractivity contribution in [1.29, 1.82) is 0 Å². The summed E-state index contributed by atoms with van der Waals surface area (Å²) in [5.74, 6) is 1.91. The van der Waals surface area contributed by atoms with Crippen LogP contribution in [0.15, 0.2) is 10.9 Å². The number of carbonyl (C=O) groups excluding carboxylic acids is 1. The Labute approximate surface area is 137 Å². The van der Waals surface area contributed by atoms with Crippen LogP contribution in [0.1, 0.15) is 42.8 Å². The lowest BCUT2D eigenvalue weighted by molar-refractivity contribution is -0.146. The number of aryl methyl sites for hydroxylation is 1. The second kappa shape index (κ2) is 5.70. The number of esters is 1. The Morgan fingerprint density at radius 1 is 1.43 bits per heavy atom. The van der Waals surface area contributed by atoms with Crippen molar-refractivity contribution < 1.29 is 9.53 Å². The molecule has 0 aliphatic heterocycles. The van der Waals surface area contributed by atoms with Crippen LogP contribution in [0.2, 0.25) is 0 Å². The third-order valence-electron chi connectivity index (χ3n) is 5.08. The van der Waals surface area contributed by atoms with E-state index in [2.05, 4.69) is 10.1 Å². The van der Waals surface area contributed by atoms with Crippen LogP contribution < -0.4 is 5.56 Å². The van der Waals surface area contributed by atoms with E-state index in [1.54, 1.807) is 6.92 Å². The Morgan fingerprint density at radius 2 is 2.30 bits per heavy atom. The van der Waals surface area contributed by atoms with Gasteiger partial charge in [0.1, 0.15) is 6.61 Å². The second-order valence-electron chi connectivity index (χ2n) is 6.73. The number of hydrogen-bond donors (Lipinski definition) is 0. The first-order chi connectivity index (χ1) is 11.1. The zero-order valence-electron chi connectivity index (χ0n) is 13.0. The highest BCUT2D eigenvalue weighted by Crippen LogP contribution is 2.49. The molecule has 2 bridgehead atoms. The molecule has 6 nitrogen and oxygen atoms in total. The molecule has 2 saturated carbocycles. The molecule has 3 atom stereocenters. The Hall–Kier alpha value is -1.76. The molecule has 2 aromatic heterocycles. The molecule has 0 spiro atoms. The molecule has 2 heterocycles. The van der Waals surface area contributed by atoms with Gasteiger partial charge in [0.25, 0.3) is 5.56 Å². The van der Waals surface area contributed by atoms with Crippen molar-refractivity contribution in [2.45, 2.75) is 45.6 Å². The largest absolute Gasteiger partial charge is 0.458 e. The molecule has 0 saturated heterocycles. The van der Waals surface area contributed by atoms with E-state index in [9.17, 15) is 9.59 Å². The van der Waals surface area contributed by atoms with E-state index in [4.69, 9.17) is 4.74 Å². The molecule has 2 fully saturated rings. The lowest BCUT2D eigenvalue weighted by Crippen LogP contribution is -2.17. The highest BCUT2D eigenvalue weighted by Gasteiger charge is 2.40. The van der Waals surface area contributed by atoms with Gasteiger partial charge in [0.15, 0.2) is 5.01 Å². The van der Waals surface area contributed by atoms with Gasteiger partial charge in [0.2, 0.25) is 4.96 Å². The quantitative estimate of drug-likeness (QED) is 0.803. The minimum Gasteiger partial charge on any atom is -0.458 e. The van der Waals surface area contributed by atoms with E-state index < -0.39 is 0 Å². The first-order valence-corrected chi connectivity index (χ1v) is 8.92. The van der Waals surface area contributed by atoms with Crippen LogP contribution in [0, 0.1) is 24.7 Å². The molecule has 23 heavy (non-hydrogen) atoms. The van der Waals surface area contributed by atoms with Gasteiger partial charge in [-0.2, -0.15) is 9.61 Å². The summed E-state index contributed by atoms with van der Waals surface area (Å²) < 4.78 is 6.62. The zero-order chi connectivity index (χ0) is 16.0. The lowest BCUT2D eigenvalue weighted by Gasteiger charge is -2.20. The van der Waals surface area contributed by atoms with Crippen LogP contribution >= 0.6 is 11.3 Å². The summed E-state index contributed by atoms with van der Waals surface area (Å²) in [4.78, 5) is 28.7. The molecule has 0 radical (unpaired) electrons. The Morgan fingerprint density at radius 3 is 3.04 bits per heavy atom. The molecular weight excluding hydrogens is 314 g/mol. The summed E-state index contributed by atoms with van der Waals surface area (Å²) in [7, 11) is 0. The van der Waals surface area contributed by atoms with Crippen LogP contribution in [0.25, 0.3) is 4.96 Å². The highest BCUT2D eigenvalue weighted by molar-refractivity contribution is 7.16. The number of nitrogens with zero attached hydrogens (tertiary/aromatic N) is 3. The molecule has 122 valence electrons. The van der Waals surface area contributed by atoms with E-state index in [1.807, 2.05) is 0 Å². The number of carbonyl (C=O) groups is 1. The van der Waals surface area contributed by atoms with E-state index in [1.165, 1.54) is 47.6 Å². The fraction of sp³-hybridized carbons (Fsp3) is 0.625. The fourth-order valence-electron chi connectivity index (χ4n) is 4.06. The van der Waals surface area contributed by atoms with Gasteiger partial charge < -0.3 is 4.74 Å². The van der Waals surface area contributed by atoms with Gasteiger partial charge >= 0.3 is 5.97 Å². The predicted octanol–water partition coefficient (Wildman–Crippen LogP) is 2.33. The molecule has 0 N–H and O–H groups in total. The van der Waals surface area contributed by atoms with Crippen molar-refractivity contribution in [1.82, 2.24) is 14.6 Å².